The highest BCUT2D eigenvalue weighted by atomic mass is 14.2. The van der Waals surface area contributed by atoms with Crippen LogP contribution in [0.3, 0.4) is 0 Å². The van der Waals surface area contributed by atoms with Crippen LogP contribution in [0.25, 0.3) is 0 Å². The Morgan fingerprint density at radius 1 is 1.70 bits per heavy atom. The Morgan fingerprint density at radius 3 is 2.90 bits per heavy atom. The van der Waals surface area contributed by atoms with Crippen molar-refractivity contribution >= 4 is 0 Å². The van der Waals surface area contributed by atoms with Gasteiger partial charge in [-0.3, -0.25) is 0 Å². The van der Waals surface area contributed by atoms with Gasteiger partial charge in [0.1, 0.15) is 0 Å². The van der Waals surface area contributed by atoms with Gasteiger partial charge in [0.15, 0.2) is 0 Å². The van der Waals surface area contributed by atoms with E-state index in [2.05, 4.69) is 19.4 Å². The summed E-state index contributed by atoms with van der Waals surface area (Å²) in [4.78, 5) is 0. The molecule has 0 aromatic heterocycles. The molecule has 1 aliphatic rings. The van der Waals surface area contributed by atoms with Gasteiger partial charge in [0.2, 0.25) is 0 Å². The monoisotopic (exact) mass is 134 g/mol. The van der Waals surface area contributed by atoms with Crippen LogP contribution >= 0.6 is 0 Å². The van der Waals surface area contributed by atoms with E-state index in [0.717, 1.165) is 19.3 Å². The fraction of sp³-hybridized carbons (Fsp3) is 0.600. The summed E-state index contributed by atoms with van der Waals surface area (Å²) in [5.41, 5.74) is 1.37. The summed E-state index contributed by atoms with van der Waals surface area (Å²) < 4.78 is 0. The molecule has 0 radical (unpaired) electrons. The minimum Gasteiger partial charge on any atom is -0.120 e. The van der Waals surface area contributed by atoms with Gasteiger partial charge >= 0.3 is 0 Å². The Kier molecular flexibility index (Phi) is 2.17. The summed E-state index contributed by atoms with van der Waals surface area (Å²) in [6, 6.07) is 0. The van der Waals surface area contributed by atoms with Crippen LogP contribution in [0.4, 0.5) is 0 Å². The Balaban J connectivity index is 2.53. The smallest absolute Gasteiger partial charge is 0.0231 e. The Labute approximate surface area is 63.3 Å². The average molecular weight is 134 g/mol. The zero-order valence-corrected chi connectivity index (χ0v) is 6.56. The third-order valence-corrected chi connectivity index (χ3v) is 2.32. The van der Waals surface area contributed by atoms with Crippen molar-refractivity contribution in [3.63, 3.8) is 0 Å². The first-order valence-corrected chi connectivity index (χ1v) is 3.87. The number of terminal acetylenes is 1. The van der Waals surface area contributed by atoms with Crippen LogP contribution < -0.4 is 0 Å². The van der Waals surface area contributed by atoms with E-state index < -0.39 is 0 Å². The maximum absolute atomic E-state index is 5.36. The molecular weight excluding hydrogens is 120 g/mol. The molecule has 0 aromatic carbocycles. The molecule has 1 rings (SSSR count). The summed E-state index contributed by atoms with van der Waals surface area (Å²) in [5, 5.41) is 0. The van der Waals surface area contributed by atoms with Crippen molar-refractivity contribution in [1.82, 2.24) is 0 Å². The van der Waals surface area contributed by atoms with Gasteiger partial charge in [-0.25, -0.2) is 0 Å². The molecule has 0 aliphatic heterocycles. The van der Waals surface area contributed by atoms with Gasteiger partial charge in [0.25, 0.3) is 0 Å². The Morgan fingerprint density at radius 2 is 2.40 bits per heavy atom. The molecule has 2 atom stereocenters. The van der Waals surface area contributed by atoms with Crippen molar-refractivity contribution in [2.75, 3.05) is 0 Å². The first kappa shape index (κ1) is 7.41. The highest BCUT2D eigenvalue weighted by Gasteiger charge is 2.20. The van der Waals surface area contributed by atoms with E-state index in [1.807, 2.05) is 0 Å². The predicted octanol–water partition coefficient (Wildman–Crippen LogP) is 2.61. The normalized spacial score (nSPS) is 33.4. The minimum absolute atomic E-state index is 0.505. The average Bonchev–Trinajstić information content (AvgIpc) is 1.88. The molecule has 2 unspecified atom stereocenters. The molecule has 0 saturated heterocycles. The van der Waals surface area contributed by atoms with E-state index in [4.69, 9.17) is 6.42 Å². The number of rotatable bonds is 0. The number of hydrogen-bond acceptors (Lipinski definition) is 0. The molecule has 0 aromatic rings. The van der Waals surface area contributed by atoms with E-state index in [1.54, 1.807) is 0 Å². The van der Waals surface area contributed by atoms with Crippen molar-refractivity contribution in [2.24, 2.45) is 11.8 Å². The lowest BCUT2D eigenvalue weighted by molar-refractivity contribution is 0.371. The van der Waals surface area contributed by atoms with Crippen molar-refractivity contribution in [3.8, 4) is 12.3 Å². The lowest BCUT2D eigenvalue weighted by atomic mass is 9.79. The van der Waals surface area contributed by atoms with Crippen molar-refractivity contribution in [3.05, 3.63) is 12.2 Å². The molecule has 0 heteroatoms. The van der Waals surface area contributed by atoms with Gasteiger partial charge < -0.3 is 0 Å². The highest BCUT2D eigenvalue weighted by Crippen LogP contribution is 2.31. The lowest BCUT2D eigenvalue weighted by Gasteiger charge is -2.25. The van der Waals surface area contributed by atoms with Crippen molar-refractivity contribution in [2.45, 2.75) is 26.2 Å². The maximum atomic E-state index is 5.36. The van der Waals surface area contributed by atoms with E-state index in [9.17, 15) is 0 Å². The van der Waals surface area contributed by atoms with Gasteiger partial charge in [0, 0.05) is 5.92 Å². The van der Waals surface area contributed by atoms with E-state index in [1.165, 1.54) is 5.57 Å². The molecule has 10 heavy (non-hydrogen) atoms. The maximum Gasteiger partial charge on any atom is 0.0231 e. The second-order valence-corrected chi connectivity index (χ2v) is 3.24. The molecule has 0 nitrogen and oxygen atoms in total. The molecule has 1 saturated carbocycles. The second-order valence-electron chi connectivity index (χ2n) is 3.24. The highest BCUT2D eigenvalue weighted by molar-refractivity contribution is 5.07. The zero-order chi connectivity index (χ0) is 7.56. The molecule has 1 aliphatic carbocycles. The third kappa shape index (κ3) is 1.42. The van der Waals surface area contributed by atoms with E-state index in [0.29, 0.717) is 11.8 Å². The summed E-state index contributed by atoms with van der Waals surface area (Å²) in [6.45, 7) is 6.18. The van der Waals surface area contributed by atoms with Crippen LogP contribution in [0.1, 0.15) is 26.2 Å². The van der Waals surface area contributed by atoms with Gasteiger partial charge in [-0.15, -0.1) is 12.3 Å². The van der Waals surface area contributed by atoms with Gasteiger partial charge in [-0.05, 0) is 25.2 Å². The van der Waals surface area contributed by atoms with Gasteiger partial charge in [-0.1, -0.05) is 19.1 Å². The molecule has 1 fully saturated rings. The lowest BCUT2D eigenvalue weighted by Crippen LogP contribution is -2.15. The van der Waals surface area contributed by atoms with Crippen LogP contribution in [-0.2, 0) is 0 Å². The van der Waals surface area contributed by atoms with Crippen LogP contribution in [0, 0.1) is 24.2 Å². The van der Waals surface area contributed by atoms with Crippen molar-refractivity contribution in [1.29, 1.82) is 0 Å². The van der Waals surface area contributed by atoms with Gasteiger partial charge in [0.05, 0.1) is 0 Å². The van der Waals surface area contributed by atoms with Crippen LogP contribution in [0.15, 0.2) is 12.2 Å². The van der Waals surface area contributed by atoms with Crippen LogP contribution in [-0.4, -0.2) is 0 Å². The largest absolute Gasteiger partial charge is 0.120 e. The first-order valence-electron chi connectivity index (χ1n) is 3.87. The summed E-state index contributed by atoms with van der Waals surface area (Å²) in [6.07, 6.45) is 8.78. The fourth-order valence-electron chi connectivity index (χ4n) is 1.59. The number of hydrogen-bond donors (Lipinski definition) is 0. The third-order valence-electron chi connectivity index (χ3n) is 2.32. The van der Waals surface area contributed by atoms with E-state index in [-0.39, 0.29) is 0 Å². The molecule has 0 bridgehead atoms. The first-order chi connectivity index (χ1) is 4.74. The Hall–Kier alpha value is -0.700. The summed E-state index contributed by atoms with van der Waals surface area (Å²) >= 11 is 0. The summed E-state index contributed by atoms with van der Waals surface area (Å²) in [7, 11) is 0. The number of allylic oxidation sites excluding steroid dienone is 1. The molecule has 0 amide bonds. The Bertz CT molecular complexity index is 171. The quantitative estimate of drug-likeness (QED) is 0.353. The minimum atomic E-state index is 0.505. The SMILES string of the molecule is C#CC1CCC(=C)CC1C. The second kappa shape index (κ2) is 2.92. The molecule has 0 N–H and O–H groups in total. The topological polar surface area (TPSA) is 0 Å². The molecule has 0 heterocycles. The molecular formula is C10H14. The van der Waals surface area contributed by atoms with E-state index >= 15 is 0 Å². The fourth-order valence-corrected chi connectivity index (χ4v) is 1.59. The molecule has 0 spiro atoms. The van der Waals surface area contributed by atoms with Crippen LogP contribution in [0.5, 0.6) is 0 Å². The molecule has 54 valence electrons. The zero-order valence-electron chi connectivity index (χ0n) is 6.56. The summed E-state index contributed by atoms with van der Waals surface area (Å²) in [5.74, 6) is 4.00. The standard InChI is InChI=1S/C10H14/c1-4-10-6-5-8(2)7-9(10)3/h1,9-10H,2,5-7H2,3H3. The van der Waals surface area contributed by atoms with Gasteiger partial charge in [-0.2, -0.15) is 0 Å². The van der Waals surface area contributed by atoms with Crippen LogP contribution in [0.2, 0.25) is 0 Å². The van der Waals surface area contributed by atoms with Crippen molar-refractivity contribution < 1.29 is 0 Å². The predicted molar refractivity (Wildman–Crippen MR) is 44.5 cm³/mol.